The minimum atomic E-state index is -0.595. The van der Waals surface area contributed by atoms with Crippen molar-refractivity contribution < 1.29 is 14.3 Å². The number of benzene rings is 2. The van der Waals surface area contributed by atoms with Crippen LogP contribution in [0.1, 0.15) is 12.0 Å². The summed E-state index contributed by atoms with van der Waals surface area (Å²) in [4.78, 5) is 23.4. The molecule has 0 fully saturated rings. The fourth-order valence-electron chi connectivity index (χ4n) is 1.85. The lowest BCUT2D eigenvalue weighted by molar-refractivity contribution is -0.116. The van der Waals surface area contributed by atoms with Gasteiger partial charge in [-0.25, -0.2) is 4.79 Å². The molecule has 120 valence electrons. The van der Waals surface area contributed by atoms with Gasteiger partial charge in [-0.3, -0.25) is 4.79 Å². The number of hydrogen-bond donors (Lipinski definition) is 2. The fraction of sp³-hybridized carbons (Fsp3) is 0.176. The van der Waals surface area contributed by atoms with E-state index >= 15 is 0 Å². The maximum atomic E-state index is 11.9. The summed E-state index contributed by atoms with van der Waals surface area (Å²) in [5.41, 5.74) is 1.58. The third-order valence-corrected chi connectivity index (χ3v) is 3.28. The molecule has 0 saturated carbocycles. The van der Waals surface area contributed by atoms with Crippen molar-refractivity contribution in [2.75, 3.05) is 11.9 Å². The summed E-state index contributed by atoms with van der Waals surface area (Å²) < 4.78 is 5.05. The van der Waals surface area contributed by atoms with Gasteiger partial charge in [-0.15, -0.1) is 0 Å². The first kappa shape index (κ1) is 16.8. The van der Waals surface area contributed by atoms with Gasteiger partial charge in [-0.05, 0) is 36.8 Å². The number of para-hydroxylation sites is 1. The number of anilines is 1. The summed E-state index contributed by atoms with van der Waals surface area (Å²) in [6.07, 6.45) is -0.460. The summed E-state index contributed by atoms with van der Waals surface area (Å²) in [5.74, 6) is 0.236. The first-order valence-electron chi connectivity index (χ1n) is 7.11. The van der Waals surface area contributed by atoms with Crippen molar-refractivity contribution in [3.8, 4) is 5.75 Å². The van der Waals surface area contributed by atoms with Gasteiger partial charge in [0.15, 0.2) is 0 Å². The Morgan fingerprint density at radius 3 is 2.61 bits per heavy atom. The Hall–Kier alpha value is -2.53. The van der Waals surface area contributed by atoms with Crippen molar-refractivity contribution in [1.29, 1.82) is 0 Å². The smallest absolute Gasteiger partial charge is 0.410 e. The van der Waals surface area contributed by atoms with Crippen LogP contribution >= 0.6 is 11.6 Å². The van der Waals surface area contributed by atoms with Gasteiger partial charge in [-0.1, -0.05) is 35.9 Å². The lowest BCUT2D eigenvalue weighted by atomic mass is 10.2. The predicted octanol–water partition coefficient (Wildman–Crippen LogP) is 3.77. The third kappa shape index (κ3) is 5.64. The molecule has 2 aromatic rings. The largest absolute Gasteiger partial charge is 0.412 e. The van der Waals surface area contributed by atoms with Crippen LogP contribution in [0.3, 0.4) is 0 Å². The standard InChI is InChI=1S/C17H17ClN2O3/c1-12-7-8-13(18)11-15(12)20-16(21)9-10-19-17(22)23-14-5-3-2-4-6-14/h2-8,11H,9-10H2,1H3,(H,19,22)(H,20,21). The fourth-order valence-corrected chi connectivity index (χ4v) is 2.02. The van der Waals surface area contributed by atoms with Crippen molar-refractivity contribution in [2.24, 2.45) is 0 Å². The molecule has 0 aliphatic rings. The van der Waals surface area contributed by atoms with E-state index in [1.807, 2.05) is 19.1 Å². The average molecular weight is 333 g/mol. The molecule has 2 N–H and O–H groups in total. The van der Waals surface area contributed by atoms with Crippen LogP contribution in [-0.4, -0.2) is 18.5 Å². The summed E-state index contributed by atoms with van der Waals surface area (Å²) in [7, 11) is 0. The van der Waals surface area contributed by atoms with Crippen LogP contribution in [0.2, 0.25) is 5.02 Å². The molecule has 6 heteroatoms. The van der Waals surface area contributed by atoms with Crippen LogP contribution in [0.25, 0.3) is 0 Å². The Balaban J connectivity index is 1.74. The quantitative estimate of drug-likeness (QED) is 0.876. The summed E-state index contributed by atoms with van der Waals surface area (Å²) >= 11 is 5.90. The van der Waals surface area contributed by atoms with Gasteiger partial charge in [0.05, 0.1) is 0 Å². The van der Waals surface area contributed by atoms with Gasteiger partial charge in [0.25, 0.3) is 0 Å². The monoisotopic (exact) mass is 332 g/mol. The molecular formula is C17H17ClN2O3. The van der Waals surface area contributed by atoms with Gasteiger partial charge in [0.2, 0.25) is 5.91 Å². The SMILES string of the molecule is Cc1ccc(Cl)cc1NC(=O)CCNC(=O)Oc1ccccc1. The number of carbonyl (C=O) groups is 2. The number of ether oxygens (including phenoxy) is 1. The molecule has 0 saturated heterocycles. The van der Waals surface area contributed by atoms with Gasteiger partial charge in [-0.2, -0.15) is 0 Å². The van der Waals surface area contributed by atoms with Crippen molar-refractivity contribution in [3.05, 3.63) is 59.1 Å². The lowest BCUT2D eigenvalue weighted by Gasteiger charge is -2.09. The van der Waals surface area contributed by atoms with Crippen LogP contribution in [0, 0.1) is 6.92 Å². The number of nitrogens with one attached hydrogen (secondary N) is 2. The molecule has 5 nitrogen and oxygen atoms in total. The highest BCUT2D eigenvalue weighted by atomic mass is 35.5. The maximum Gasteiger partial charge on any atom is 0.412 e. The number of rotatable bonds is 5. The second-order valence-electron chi connectivity index (χ2n) is 4.89. The maximum absolute atomic E-state index is 11.9. The van der Waals surface area contributed by atoms with E-state index in [0.29, 0.717) is 16.5 Å². The third-order valence-electron chi connectivity index (χ3n) is 3.05. The van der Waals surface area contributed by atoms with Crippen LogP contribution in [0.15, 0.2) is 48.5 Å². The van der Waals surface area contributed by atoms with Crippen LogP contribution < -0.4 is 15.4 Å². The van der Waals surface area contributed by atoms with Crippen molar-refractivity contribution in [1.82, 2.24) is 5.32 Å². The Labute approximate surface area is 139 Å². The van der Waals surface area contributed by atoms with Crippen molar-refractivity contribution >= 4 is 29.3 Å². The molecule has 0 radical (unpaired) electrons. The zero-order valence-electron chi connectivity index (χ0n) is 12.6. The molecule has 2 rings (SSSR count). The number of amides is 2. The zero-order valence-corrected chi connectivity index (χ0v) is 13.4. The second-order valence-corrected chi connectivity index (χ2v) is 5.32. The summed E-state index contributed by atoms with van der Waals surface area (Å²) in [5, 5.41) is 5.84. The molecule has 23 heavy (non-hydrogen) atoms. The first-order valence-corrected chi connectivity index (χ1v) is 7.49. The summed E-state index contributed by atoms with van der Waals surface area (Å²) in [6, 6.07) is 14.0. The van der Waals surface area contributed by atoms with E-state index in [1.165, 1.54) is 0 Å². The van der Waals surface area contributed by atoms with E-state index in [9.17, 15) is 9.59 Å². The Kier molecular flexibility index (Phi) is 6.00. The van der Waals surface area contributed by atoms with Crippen molar-refractivity contribution in [3.63, 3.8) is 0 Å². The van der Waals surface area contributed by atoms with Crippen molar-refractivity contribution in [2.45, 2.75) is 13.3 Å². The second kappa shape index (κ2) is 8.19. The highest BCUT2D eigenvalue weighted by Crippen LogP contribution is 2.20. The minimum absolute atomic E-state index is 0.135. The lowest BCUT2D eigenvalue weighted by Crippen LogP contribution is -2.30. The number of aryl methyl sites for hydroxylation is 1. The van der Waals surface area contributed by atoms with E-state index in [0.717, 1.165) is 5.56 Å². The van der Waals surface area contributed by atoms with Crippen LogP contribution in [0.4, 0.5) is 10.5 Å². The van der Waals surface area contributed by atoms with Crippen LogP contribution in [-0.2, 0) is 4.79 Å². The molecule has 0 aromatic heterocycles. The molecule has 2 aromatic carbocycles. The van der Waals surface area contributed by atoms with E-state index in [-0.39, 0.29) is 18.9 Å². The molecule has 0 unspecified atom stereocenters. The topological polar surface area (TPSA) is 67.4 Å². The molecule has 0 spiro atoms. The molecule has 0 aliphatic heterocycles. The normalized spacial score (nSPS) is 10.0. The molecule has 0 atom stereocenters. The molecule has 0 heterocycles. The number of carbonyl (C=O) groups excluding carboxylic acids is 2. The predicted molar refractivity (Wildman–Crippen MR) is 89.9 cm³/mol. The van der Waals surface area contributed by atoms with Gasteiger partial charge >= 0.3 is 6.09 Å². The van der Waals surface area contributed by atoms with E-state index < -0.39 is 6.09 Å². The number of hydrogen-bond acceptors (Lipinski definition) is 3. The Morgan fingerprint density at radius 1 is 1.13 bits per heavy atom. The van der Waals surface area contributed by atoms with Crippen LogP contribution in [0.5, 0.6) is 5.75 Å². The highest BCUT2D eigenvalue weighted by molar-refractivity contribution is 6.31. The van der Waals surface area contributed by atoms with E-state index in [4.69, 9.17) is 16.3 Å². The van der Waals surface area contributed by atoms with Gasteiger partial charge in [0.1, 0.15) is 5.75 Å². The Bertz CT molecular complexity index is 689. The Morgan fingerprint density at radius 2 is 1.87 bits per heavy atom. The molecule has 0 bridgehead atoms. The highest BCUT2D eigenvalue weighted by Gasteiger charge is 2.08. The molecule has 0 aliphatic carbocycles. The number of halogens is 1. The average Bonchev–Trinajstić information content (AvgIpc) is 2.52. The van der Waals surface area contributed by atoms with E-state index in [2.05, 4.69) is 10.6 Å². The van der Waals surface area contributed by atoms with Gasteiger partial charge in [0, 0.05) is 23.7 Å². The first-order chi connectivity index (χ1) is 11.0. The zero-order chi connectivity index (χ0) is 16.7. The summed E-state index contributed by atoms with van der Waals surface area (Å²) in [6.45, 7) is 2.05. The molecule has 2 amide bonds. The molecular weight excluding hydrogens is 316 g/mol. The minimum Gasteiger partial charge on any atom is -0.410 e. The van der Waals surface area contributed by atoms with E-state index in [1.54, 1.807) is 36.4 Å². The van der Waals surface area contributed by atoms with Gasteiger partial charge < -0.3 is 15.4 Å².